The largest absolute Gasteiger partial charge is 0.339 e. The normalized spacial score (nSPS) is 12.4. The van der Waals surface area contributed by atoms with Gasteiger partial charge in [0.2, 0.25) is 11.8 Å². The molecule has 0 spiro atoms. The Morgan fingerprint density at radius 1 is 1.20 bits per heavy atom. The van der Waals surface area contributed by atoms with Crippen LogP contribution in [0.15, 0.2) is 61.0 Å². The summed E-state index contributed by atoms with van der Waals surface area (Å²) in [6, 6.07) is 6.93. The van der Waals surface area contributed by atoms with E-state index >= 15 is 0 Å². The lowest BCUT2D eigenvalue weighted by atomic mass is 10.1. The van der Waals surface area contributed by atoms with Gasteiger partial charge in [0.25, 0.3) is 0 Å². The van der Waals surface area contributed by atoms with E-state index in [1.807, 2.05) is 42.9 Å². The summed E-state index contributed by atoms with van der Waals surface area (Å²) in [5.74, 6) is 0.382. The van der Waals surface area contributed by atoms with Crippen molar-refractivity contribution in [2.75, 3.05) is 5.32 Å². The molecule has 1 aromatic carbocycles. The number of aromatic nitrogens is 2. The number of anilines is 1. The molecule has 6 nitrogen and oxygen atoms in total. The van der Waals surface area contributed by atoms with Gasteiger partial charge in [-0.05, 0) is 24.6 Å². The molecule has 2 amide bonds. The van der Waals surface area contributed by atoms with E-state index in [1.54, 1.807) is 30.5 Å². The van der Waals surface area contributed by atoms with Gasteiger partial charge < -0.3 is 15.2 Å². The summed E-state index contributed by atoms with van der Waals surface area (Å²) in [4.78, 5) is 27.7. The van der Waals surface area contributed by atoms with Crippen LogP contribution in [0.25, 0.3) is 0 Å². The SMILES string of the molecule is C/C=C/C=C/C(=O)NC(c1ccc(NC(C)=O)cc1)c1nccn1C. The molecule has 2 aromatic rings. The van der Waals surface area contributed by atoms with Crippen molar-refractivity contribution in [2.24, 2.45) is 7.05 Å². The van der Waals surface area contributed by atoms with E-state index in [0.29, 0.717) is 5.69 Å². The van der Waals surface area contributed by atoms with Crippen molar-refractivity contribution in [3.8, 4) is 0 Å². The molecule has 25 heavy (non-hydrogen) atoms. The maximum atomic E-state index is 12.2. The van der Waals surface area contributed by atoms with Crippen LogP contribution in [0.5, 0.6) is 0 Å². The van der Waals surface area contributed by atoms with Crippen LogP contribution in [0.4, 0.5) is 5.69 Å². The van der Waals surface area contributed by atoms with Gasteiger partial charge in [-0.2, -0.15) is 0 Å². The van der Waals surface area contributed by atoms with E-state index in [2.05, 4.69) is 15.6 Å². The standard InChI is InChI=1S/C19H22N4O2/c1-4-5-6-7-17(25)22-18(19-20-12-13-23(19)3)15-8-10-16(11-9-15)21-14(2)24/h4-13,18H,1-3H3,(H,21,24)(H,22,25)/b5-4+,7-6+. The van der Waals surface area contributed by atoms with E-state index in [9.17, 15) is 9.59 Å². The van der Waals surface area contributed by atoms with E-state index < -0.39 is 6.04 Å². The fraction of sp³-hybridized carbons (Fsp3) is 0.211. The second-order valence-corrected chi connectivity index (χ2v) is 5.53. The molecular formula is C19H22N4O2. The van der Waals surface area contributed by atoms with Crippen LogP contribution in [0.2, 0.25) is 0 Å². The molecule has 1 aromatic heterocycles. The lowest BCUT2D eigenvalue weighted by molar-refractivity contribution is -0.117. The number of nitrogens with zero attached hydrogens (tertiary/aromatic N) is 2. The zero-order chi connectivity index (χ0) is 18.2. The van der Waals surface area contributed by atoms with Crippen molar-refractivity contribution in [3.63, 3.8) is 0 Å². The van der Waals surface area contributed by atoms with Crippen molar-refractivity contribution in [1.82, 2.24) is 14.9 Å². The first-order chi connectivity index (χ1) is 12.0. The zero-order valence-corrected chi connectivity index (χ0v) is 14.6. The highest BCUT2D eigenvalue weighted by Crippen LogP contribution is 2.22. The van der Waals surface area contributed by atoms with Crippen LogP contribution in [0, 0.1) is 0 Å². The van der Waals surface area contributed by atoms with Crippen molar-refractivity contribution in [1.29, 1.82) is 0 Å². The third kappa shape index (κ3) is 5.17. The Bertz CT molecular complexity index is 788. The number of benzene rings is 1. The van der Waals surface area contributed by atoms with Crippen LogP contribution < -0.4 is 10.6 Å². The van der Waals surface area contributed by atoms with Gasteiger partial charge in [0, 0.05) is 38.1 Å². The number of carbonyl (C=O) groups is 2. The lowest BCUT2D eigenvalue weighted by Crippen LogP contribution is -2.29. The summed E-state index contributed by atoms with van der Waals surface area (Å²) in [5.41, 5.74) is 1.57. The second kappa shape index (κ2) is 8.63. The number of imidazole rings is 1. The van der Waals surface area contributed by atoms with Crippen LogP contribution in [-0.4, -0.2) is 21.4 Å². The van der Waals surface area contributed by atoms with Crippen molar-refractivity contribution >= 4 is 17.5 Å². The van der Waals surface area contributed by atoms with Crippen molar-refractivity contribution in [2.45, 2.75) is 19.9 Å². The Morgan fingerprint density at radius 2 is 1.92 bits per heavy atom. The van der Waals surface area contributed by atoms with E-state index in [-0.39, 0.29) is 11.8 Å². The van der Waals surface area contributed by atoms with Gasteiger partial charge in [-0.1, -0.05) is 30.4 Å². The fourth-order valence-electron chi connectivity index (χ4n) is 2.36. The minimum Gasteiger partial charge on any atom is -0.339 e. The molecule has 130 valence electrons. The Morgan fingerprint density at radius 3 is 2.48 bits per heavy atom. The Hall–Kier alpha value is -3.15. The average Bonchev–Trinajstić information content (AvgIpc) is 2.99. The molecule has 0 saturated heterocycles. The molecule has 1 unspecified atom stereocenters. The third-order valence-electron chi connectivity index (χ3n) is 3.52. The third-order valence-corrected chi connectivity index (χ3v) is 3.52. The van der Waals surface area contributed by atoms with Crippen molar-refractivity contribution in [3.05, 3.63) is 72.4 Å². The maximum Gasteiger partial charge on any atom is 0.244 e. The molecule has 0 aliphatic heterocycles. The minimum absolute atomic E-state index is 0.129. The van der Waals surface area contributed by atoms with Crippen LogP contribution >= 0.6 is 0 Å². The Kier molecular flexibility index (Phi) is 6.28. The first kappa shape index (κ1) is 18.2. The molecule has 0 fully saturated rings. The quantitative estimate of drug-likeness (QED) is 0.628. The van der Waals surface area contributed by atoms with Gasteiger partial charge in [-0.25, -0.2) is 4.98 Å². The second-order valence-electron chi connectivity index (χ2n) is 5.53. The Balaban J connectivity index is 2.27. The molecule has 6 heteroatoms. The van der Waals surface area contributed by atoms with E-state index in [4.69, 9.17) is 0 Å². The molecule has 2 rings (SSSR count). The van der Waals surface area contributed by atoms with Crippen molar-refractivity contribution < 1.29 is 9.59 Å². The molecular weight excluding hydrogens is 316 g/mol. The number of allylic oxidation sites excluding steroid dienone is 3. The van der Waals surface area contributed by atoms with Crippen LogP contribution in [0.3, 0.4) is 0 Å². The molecule has 0 saturated carbocycles. The van der Waals surface area contributed by atoms with E-state index in [0.717, 1.165) is 11.4 Å². The highest BCUT2D eigenvalue weighted by molar-refractivity contribution is 5.89. The highest BCUT2D eigenvalue weighted by atomic mass is 16.2. The summed E-state index contributed by atoms with van der Waals surface area (Å²) < 4.78 is 1.86. The van der Waals surface area contributed by atoms with E-state index in [1.165, 1.54) is 13.0 Å². The summed E-state index contributed by atoms with van der Waals surface area (Å²) in [6.45, 7) is 3.34. The molecule has 1 atom stereocenters. The maximum absolute atomic E-state index is 12.2. The molecule has 2 N–H and O–H groups in total. The molecule has 0 aliphatic carbocycles. The summed E-state index contributed by atoms with van der Waals surface area (Å²) in [5, 5.41) is 5.69. The predicted octanol–water partition coefficient (Wildman–Crippen LogP) is 2.72. The molecule has 0 radical (unpaired) electrons. The van der Waals surface area contributed by atoms with Gasteiger partial charge in [-0.15, -0.1) is 0 Å². The fourth-order valence-corrected chi connectivity index (χ4v) is 2.36. The molecule has 0 bridgehead atoms. The zero-order valence-electron chi connectivity index (χ0n) is 14.6. The summed E-state index contributed by atoms with van der Waals surface area (Å²) in [7, 11) is 1.88. The van der Waals surface area contributed by atoms with Gasteiger partial charge in [0.15, 0.2) is 0 Å². The number of aryl methyl sites for hydroxylation is 1. The van der Waals surface area contributed by atoms with Gasteiger partial charge >= 0.3 is 0 Å². The number of hydrogen-bond acceptors (Lipinski definition) is 3. The van der Waals surface area contributed by atoms with Crippen LogP contribution in [0.1, 0.15) is 31.3 Å². The number of carbonyl (C=O) groups excluding carboxylic acids is 2. The first-order valence-corrected chi connectivity index (χ1v) is 7.96. The average molecular weight is 338 g/mol. The van der Waals surface area contributed by atoms with Crippen LogP contribution in [-0.2, 0) is 16.6 Å². The number of rotatable bonds is 6. The topological polar surface area (TPSA) is 76.0 Å². The first-order valence-electron chi connectivity index (χ1n) is 7.96. The molecule has 0 aliphatic rings. The number of hydrogen-bond donors (Lipinski definition) is 2. The molecule has 1 heterocycles. The number of nitrogens with one attached hydrogen (secondary N) is 2. The smallest absolute Gasteiger partial charge is 0.244 e. The predicted molar refractivity (Wildman–Crippen MR) is 97.9 cm³/mol. The Labute approximate surface area is 147 Å². The monoisotopic (exact) mass is 338 g/mol. The highest BCUT2D eigenvalue weighted by Gasteiger charge is 2.19. The lowest BCUT2D eigenvalue weighted by Gasteiger charge is -2.18. The summed E-state index contributed by atoms with van der Waals surface area (Å²) in [6.07, 6.45) is 10.3. The minimum atomic E-state index is -0.394. The van der Waals surface area contributed by atoms with Gasteiger partial charge in [-0.3, -0.25) is 9.59 Å². The van der Waals surface area contributed by atoms with Gasteiger partial charge in [0.1, 0.15) is 11.9 Å². The summed E-state index contributed by atoms with van der Waals surface area (Å²) >= 11 is 0. The number of amides is 2. The van der Waals surface area contributed by atoms with Gasteiger partial charge in [0.05, 0.1) is 0 Å².